The second kappa shape index (κ2) is 9.60. The number of benzene rings is 3. The number of fused-ring (bicyclic) bond motifs is 1. The molecule has 0 saturated carbocycles. The van der Waals surface area contributed by atoms with Crippen LogP contribution in [0.25, 0.3) is 28.2 Å². The lowest BCUT2D eigenvalue weighted by atomic mass is 10.1. The molecule has 2 heterocycles. The van der Waals surface area contributed by atoms with E-state index in [1.807, 2.05) is 91.9 Å². The van der Waals surface area contributed by atoms with E-state index in [0.717, 1.165) is 22.4 Å². The van der Waals surface area contributed by atoms with Crippen LogP contribution in [0.3, 0.4) is 0 Å². The van der Waals surface area contributed by atoms with Gasteiger partial charge in [0, 0.05) is 22.2 Å². The summed E-state index contributed by atoms with van der Waals surface area (Å²) in [6.07, 6.45) is 0. The molecule has 0 aliphatic rings. The Morgan fingerprint density at radius 2 is 1.57 bits per heavy atom. The molecule has 7 heteroatoms. The summed E-state index contributed by atoms with van der Waals surface area (Å²) in [6.45, 7) is 1.96. The van der Waals surface area contributed by atoms with Crippen molar-refractivity contribution in [3.05, 3.63) is 107 Å². The molecule has 0 aliphatic heterocycles. The Balaban J connectivity index is 1.59. The number of carbonyl (C=O) groups excluding carboxylic acids is 1. The van der Waals surface area contributed by atoms with E-state index in [9.17, 15) is 4.79 Å². The molecule has 1 N–H and O–H groups in total. The number of hydrogen-bond acceptors (Lipinski definition) is 4. The van der Waals surface area contributed by atoms with Gasteiger partial charge in [0.25, 0.3) is 5.91 Å². The first-order valence-corrected chi connectivity index (χ1v) is 11.6. The molecular weight excluding hydrogens is 460 g/mol. The molecule has 2 aromatic heterocycles. The second-order valence-corrected chi connectivity index (χ2v) is 8.60. The van der Waals surface area contributed by atoms with Crippen molar-refractivity contribution in [3.63, 3.8) is 0 Å². The number of methoxy groups -OCH3 is 1. The van der Waals surface area contributed by atoms with Crippen LogP contribution in [0.2, 0.25) is 5.02 Å². The highest BCUT2D eigenvalue weighted by Gasteiger charge is 2.19. The summed E-state index contributed by atoms with van der Waals surface area (Å²) in [5, 5.41) is 8.44. The van der Waals surface area contributed by atoms with Gasteiger partial charge in [-0.25, -0.2) is 9.50 Å². The van der Waals surface area contributed by atoms with Gasteiger partial charge in [0.15, 0.2) is 5.65 Å². The van der Waals surface area contributed by atoms with E-state index < -0.39 is 0 Å². The third-order valence-corrected chi connectivity index (χ3v) is 6.08. The quantitative estimate of drug-likeness (QED) is 0.312. The van der Waals surface area contributed by atoms with Gasteiger partial charge in [0.05, 0.1) is 24.5 Å². The minimum atomic E-state index is -0.241. The molecule has 0 radical (unpaired) electrons. The maximum atomic E-state index is 13.5. The molecule has 3 aromatic carbocycles. The van der Waals surface area contributed by atoms with Crippen molar-refractivity contribution in [1.29, 1.82) is 0 Å². The monoisotopic (exact) mass is 482 g/mol. The molecule has 5 aromatic rings. The molecule has 0 fully saturated rings. The van der Waals surface area contributed by atoms with Crippen LogP contribution in [0.4, 0.5) is 0 Å². The summed E-state index contributed by atoms with van der Waals surface area (Å²) < 4.78 is 6.86. The largest absolute Gasteiger partial charge is 0.497 e. The van der Waals surface area contributed by atoms with Crippen LogP contribution in [0.5, 0.6) is 5.75 Å². The van der Waals surface area contributed by atoms with Gasteiger partial charge in [-0.1, -0.05) is 54.1 Å². The van der Waals surface area contributed by atoms with Crippen molar-refractivity contribution in [3.8, 4) is 28.3 Å². The van der Waals surface area contributed by atoms with Crippen LogP contribution >= 0.6 is 11.6 Å². The molecule has 5 rings (SSSR count). The first-order chi connectivity index (χ1) is 17.0. The molecule has 6 nitrogen and oxygen atoms in total. The van der Waals surface area contributed by atoms with E-state index in [4.69, 9.17) is 26.4 Å². The molecule has 0 spiro atoms. The standard InChI is InChI=1S/C28H23ClN4O2/c1-18(19-6-4-3-5-7-19)30-28(34)26-16-24(20-10-14-23(35-2)15-11-20)31-27-17-25(32-33(26)27)21-8-12-22(29)13-9-21/h3-18H,1-2H3,(H,30,34). The highest BCUT2D eigenvalue weighted by Crippen LogP contribution is 2.26. The Morgan fingerprint density at radius 1 is 0.914 bits per heavy atom. The fraction of sp³-hybridized carbons (Fsp3) is 0.107. The van der Waals surface area contributed by atoms with Crippen molar-refractivity contribution in [2.75, 3.05) is 7.11 Å². The maximum absolute atomic E-state index is 13.5. The average Bonchev–Trinajstić information content (AvgIpc) is 3.33. The number of carbonyl (C=O) groups is 1. The van der Waals surface area contributed by atoms with Gasteiger partial charge >= 0.3 is 0 Å². The average molecular weight is 483 g/mol. The second-order valence-electron chi connectivity index (χ2n) is 8.17. The number of halogens is 1. The van der Waals surface area contributed by atoms with Crippen molar-refractivity contribution in [2.45, 2.75) is 13.0 Å². The van der Waals surface area contributed by atoms with Crippen molar-refractivity contribution in [1.82, 2.24) is 19.9 Å². The van der Waals surface area contributed by atoms with Gasteiger partial charge in [-0.2, -0.15) is 5.10 Å². The van der Waals surface area contributed by atoms with E-state index in [-0.39, 0.29) is 11.9 Å². The minimum Gasteiger partial charge on any atom is -0.497 e. The minimum absolute atomic E-state index is 0.178. The van der Waals surface area contributed by atoms with Crippen molar-refractivity contribution < 1.29 is 9.53 Å². The van der Waals surface area contributed by atoms with Crippen LogP contribution < -0.4 is 10.1 Å². The Bertz CT molecular complexity index is 1480. The zero-order valence-electron chi connectivity index (χ0n) is 19.3. The summed E-state index contributed by atoms with van der Waals surface area (Å²) >= 11 is 6.05. The molecule has 0 bridgehead atoms. The lowest BCUT2D eigenvalue weighted by Gasteiger charge is -2.15. The molecule has 0 aliphatic carbocycles. The molecule has 1 atom stereocenters. The number of hydrogen-bond donors (Lipinski definition) is 1. The first-order valence-electron chi connectivity index (χ1n) is 11.2. The van der Waals surface area contributed by atoms with Crippen LogP contribution in [0, 0.1) is 0 Å². The summed E-state index contributed by atoms with van der Waals surface area (Å²) in [7, 11) is 1.63. The lowest BCUT2D eigenvalue weighted by molar-refractivity contribution is 0.0932. The van der Waals surface area contributed by atoms with Crippen LogP contribution in [0.15, 0.2) is 91.0 Å². The Hall–Kier alpha value is -4.16. The zero-order chi connectivity index (χ0) is 24.4. The van der Waals surface area contributed by atoms with Gasteiger partial charge in [-0.15, -0.1) is 0 Å². The van der Waals surface area contributed by atoms with E-state index in [0.29, 0.717) is 27.8 Å². The van der Waals surface area contributed by atoms with Gasteiger partial charge in [0.2, 0.25) is 0 Å². The number of rotatable bonds is 6. The summed E-state index contributed by atoms with van der Waals surface area (Å²) in [6, 6.07) is 28.3. The summed E-state index contributed by atoms with van der Waals surface area (Å²) in [5.41, 5.74) is 5.10. The van der Waals surface area contributed by atoms with Crippen LogP contribution in [-0.2, 0) is 0 Å². The van der Waals surface area contributed by atoms with E-state index in [2.05, 4.69) is 5.32 Å². The zero-order valence-corrected chi connectivity index (χ0v) is 20.0. The smallest absolute Gasteiger partial charge is 0.270 e. The van der Waals surface area contributed by atoms with E-state index >= 15 is 0 Å². The fourth-order valence-electron chi connectivity index (χ4n) is 3.90. The third-order valence-electron chi connectivity index (χ3n) is 5.83. The summed E-state index contributed by atoms with van der Waals surface area (Å²) in [4.78, 5) is 18.3. The van der Waals surface area contributed by atoms with Crippen LogP contribution in [0.1, 0.15) is 29.0 Å². The molecule has 1 amide bonds. The van der Waals surface area contributed by atoms with Gasteiger partial charge < -0.3 is 10.1 Å². The van der Waals surface area contributed by atoms with Crippen molar-refractivity contribution >= 4 is 23.2 Å². The Labute approximate surface area is 208 Å². The predicted molar refractivity (Wildman–Crippen MR) is 138 cm³/mol. The van der Waals surface area contributed by atoms with Gasteiger partial charge in [-0.3, -0.25) is 4.79 Å². The Morgan fingerprint density at radius 3 is 2.26 bits per heavy atom. The SMILES string of the molecule is COc1ccc(-c2cc(C(=O)NC(C)c3ccccc3)n3nc(-c4ccc(Cl)cc4)cc3n2)cc1. The third kappa shape index (κ3) is 4.74. The number of ether oxygens (including phenoxy) is 1. The van der Waals surface area contributed by atoms with Crippen LogP contribution in [-0.4, -0.2) is 27.6 Å². The highest BCUT2D eigenvalue weighted by molar-refractivity contribution is 6.30. The summed E-state index contributed by atoms with van der Waals surface area (Å²) in [5.74, 6) is 0.508. The van der Waals surface area contributed by atoms with Gasteiger partial charge in [0.1, 0.15) is 11.4 Å². The van der Waals surface area contributed by atoms with E-state index in [1.165, 1.54) is 0 Å². The maximum Gasteiger partial charge on any atom is 0.270 e. The molecule has 174 valence electrons. The molecule has 1 unspecified atom stereocenters. The van der Waals surface area contributed by atoms with E-state index in [1.54, 1.807) is 17.7 Å². The number of amides is 1. The molecule has 0 saturated heterocycles. The number of nitrogens with zero attached hydrogens (tertiary/aromatic N) is 3. The first kappa shape index (κ1) is 22.6. The lowest BCUT2D eigenvalue weighted by Crippen LogP contribution is -2.28. The predicted octanol–water partition coefficient (Wildman–Crippen LogP) is 6.22. The van der Waals surface area contributed by atoms with Gasteiger partial charge in [-0.05, 0) is 55.0 Å². The highest BCUT2D eigenvalue weighted by atomic mass is 35.5. The Kier molecular flexibility index (Phi) is 6.21. The number of aromatic nitrogens is 3. The fourth-order valence-corrected chi connectivity index (χ4v) is 4.03. The number of nitrogens with one attached hydrogen (secondary N) is 1. The normalized spacial score (nSPS) is 11.9. The molecule has 35 heavy (non-hydrogen) atoms. The van der Waals surface area contributed by atoms with Crippen molar-refractivity contribution in [2.24, 2.45) is 0 Å². The topological polar surface area (TPSA) is 68.5 Å². The molecular formula is C28H23ClN4O2.